The lowest BCUT2D eigenvalue weighted by Gasteiger charge is -2.32. The fourth-order valence-electron chi connectivity index (χ4n) is 3.91. The molecule has 22 heavy (non-hydrogen) atoms. The molecule has 2 heterocycles. The van der Waals surface area contributed by atoms with Gasteiger partial charge in [-0.25, -0.2) is 0 Å². The minimum atomic E-state index is -0.402. The quantitative estimate of drug-likeness (QED) is 0.862. The summed E-state index contributed by atoms with van der Waals surface area (Å²) in [6.45, 7) is 2.00. The SMILES string of the molecule is NC(=O)C[C@@H](NC(=O)C12CCCN1CCC2)c1ccccc1. The van der Waals surface area contributed by atoms with Crippen molar-refractivity contribution in [3.8, 4) is 0 Å². The third-order valence-corrected chi connectivity index (χ3v) is 4.98. The number of carbonyl (C=O) groups excluding carboxylic acids is 2. The fourth-order valence-corrected chi connectivity index (χ4v) is 3.91. The number of nitrogens with one attached hydrogen (secondary N) is 1. The number of amides is 2. The lowest BCUT2D eigenvalue weighted by Crippen LogP contribution is -2.52. The Hall–Kier alpha value is -1.88. The van der Waals surface area contributed by atoms with Crippen LogP contribution in [0.5, 0.6) is 0 Å². The first kappa shape index (κ1) is 15.0. The molecule has 2 aliphatic rings. The molecule has 2 aliphatic heterocycles. The van der Waals surface area contributed by atoms with Crippen LogP contribution in [0.15, 0.2) is 30.3 Å². The fraction of sp³-hybridized carbons (Fsp3) is 0.529. The van der Waals surface area contributed by atoms with Gasteiger partial charge >= 0.3 is 0 Å². The predicted molar refractivity (Wildman–Crippen MR) is 83.9 cm³/mol. The van der Waals surface area contributed by atoms with Crippen molar-refractivity contribution in [2.75, 3.05) is 13.1 Å². The van der Waals surface area contributed by atoms with Crippen molar-refractivity contribution in [3.63, 3.8) is 0 Å². The van der Waals surface area contributed by atoms with E-state index in [0.29, 0.717) is 0 Å². The number of primary amides is 1. The first-order valence-electron chi connectivity index (χ1n) is 8.01. The van der Waals surface area contributed by atoms with Gasteiger partial charge in [-0.15, -0.1) is 0 Å². The van der Waals surface area contributed by atoms with Gasteiger partial charge in [-0.2, -0.15) is 0 Å². The van der Waals surface area contributed by atoms with Gasteiger partial charge in [-0.05, 0) is 44.3 Å². The Morgan fingerprint density at radius 1 is 1.18 bits per heavy atom. The van der Waals surface area contributed by atoms with Gasteiger partial charge in [-0.3, -0.25) is 14.5 Å². The van der Waals surface area contributed by atoms with Crippen LogP contribution < -0.4 is 11.1 Å². The minimum Gasteiger partial charge on any atom is -0.370 e. The Bertz CT molecular complexity index is 548. The summed E-state index contributed by atoms with van der Waals surface area (Å²) < 4.78 is 0. The van der Waals surface area contributed by atoms with Gasteiger partial charge in [0.05, 0.1) is 12.5 Å². The predicted octanol–water partition coefficient (Wildman–Crippen LogP) is 1.35. The van der Waals surface area contributed by atoms with Gasteiger partial charge in [0.2, 0.25) is 11.8 Å². The molecule has 3 N–H and O–H groups in total. The highest BCUT2D eigenvalue weighted by Gasteiger charge is 2.50. The maximum atomic E-state index is 12.9. The topological polar surface area (TPSA) is 75.4 Å². The molecule has 1 atom stereocenters. The second-order valence-electron chi connectivity index (χ2n) is 6.33. The lowest BCUT2D eigenvalue weighted by atomic mass is 9.91. The highest BCUT2D eigenvalue weighted by atomic mass is 16.2. The van der Waals surface area contributed by atoms with E-state index in [-0.39, 0.29) is 23.9 Å². The van der Waals surface area contributed by atoms with Crippen LogP contribution in [0.3, 0.4) is 0 Å². The van der Waals surface area contributed by atoms with Crippen molar-refractivity contribution in [1.29, 1.82) is 0 Å². The number of hydrogen-bond donors (Lipinski definition) is 2. The number of nitrogens with two attached hydrogens (primary N) is 1. The van der Waals surface area contributed by atoms with E-state index in [1.54, 1.807) is 0 Å². The van der Waals surface area contributed by atoms with E-state index in [1.807, 2.05) is 30.3 Å². The van der Waals surface area contributed by atoms with Crippen LogP contribution in [0.1, 0.15) is 43.7 Å². The molecule has 3 rings (SSSR count). The molecular weight excluding hydrogens is 278 g/mol. The molecule has 2 amide bonds. The number of fused-ring (bicyclic) bond motifs is 1. The van der Waals surface area contributed by atoms with E-state index in [2.05, 4.69) is 10.2 Å². The maximum Gasteiger partial charge on any atom is 0.241 e. The van der Waals surface area contributed by atoms with E-state index in [1.165, 1.54) is 0 Å². The summed E-state index contributed by atoms with van der Waals surface area (Å²) in [5.41, 5.74) is 5.93. The van der Waals surface area contributed by atoms with Crippen LogP contribution in [-0.4, -0.2) is 35.3 Å². The molecule has 5 nitrogen and oxygen atoms in total. The van der Waals surface area contributed by atoms with Gasteiger partial charge in [-0.1, -0.05) is 30.3 Å². The Kier molecular flexibility index (Phi) is 4.16. The van der Waals surface area contributed by atoms with Crippen molar-refractivity contribution >= 4 is 11.8 Å². The van der Waals surface area contributed by atoms with Crippen molar-refractivity contribution in [2.45, 2.75) is 43.7 Å². The molecular formula is C17H23N3O2. The molecule has 0 unspecified atom stereocenters. The molecule has 0 radical (unpaired) electrons. The molecule has 2 fully saturated rings. The molecule has 118 valence electrons. The van der Waals surface area contributed by atoms with Gasteiger partial charge in [0.15, 0.2) is 0 Å². The number of benzene rings is 1. The van der Waals surface area contributed by atoms with Crippen LogP contribution in [0.2, 0.25) is 0 Å². The average molecular weight is 301 g/mol. The van der Waals surface area contributed by atoms with Crippen LogP contribution in [0, 0.1) is 0 Å². The largest absolute Gasteiger partial charge is 0.370 e. The first-order valence-corrected chi connectivity index (χ1v) is 8.01. The van der Waals surface area contributed by atoms with E-state index in [4.69, 9.17) is 5.73 Å². The van der Waals surface area contributed by atoms with Crippen molar-refractivity contribution in [3.05, 3.63) is 35.9 Å². The third kappa shape index (κ3) is 2.73. The Morgan fingerprint density at radius 2 is 1.82 bits per heavy atom. The summed E-state index contributed by atoms with van der Waals surface area (Å²) in [6.07, 6.45) is 4.10. The zero-order valence-electron chi connectivity index (χ0n) is 12.8. The Morgan fingerprint density at radius 3 is 2.41 bits per heavy atom. The van der Waals surface area contributed by atoms with Crippen LogP contribution in [0.4, 0.5) is 0 Å². The van der Waals surface area contributed by atoms with Gasteiger partial charge < -0.3 is 11.1 Å². The monoisotopic (exact) mass is 301 g/mol. The van der Waals surface area contributed by atoms with Crippen molar-refractivity contribution in [1.82, 2.24) is 10.2 Å². The minimum absolute atomic E-state index is 0.0533. The molecule has 1 aromatic carbocycles. The third-order valence-electron chi connectivity index (χ3n) is 4.98. The highest BCUT2D eigenvalue weighted by Crippen LogP contribution is 2.39. The summed E-state index contributed by atoms with van der Waals surface area (Å²) in [5, 5.41) is 3.09. The van der Waals surface area contributed by atoms with Gasteiger partial charge in [0.25, 0.3) is 0 Å². The van der Waals surface area contributed by atoms with Crippen LogP contribution >= 0.6 is 0 Å². The van der Waals surface area contributed by atoms with Crippen LogP contribution in [-0.2, 0) is 9.59 Å². The Balaban J connectivity index is 1.78. The van der Waals surface area contributed by atoms with Gasteiger partial charge in [0.1, 0.15) is 5.54 Å². The summed E-state index contributed by atoms with van der Waals surface area (Å²) in [7, 11) is 0. The molecule has 0 saturated carbocycles. The zero-order valence-corrected chi connectivity index (χ0v) is 12.8. The summed E-state index contributed by atoms with van der Waals surface area (Å²) in [5.74, 6) is -0.348. The standard InChI is InChI=1S/C17H23N3O2/c18-15(21)12-14(13-6-2-1-3-7-13)19-16(22)17-8-4-10-20(17)11-5-9-17/h1-3,6-7,14H,4-5,8-12H2,(H2,18,21)(H,19,22)/t14-/m1/s1. The molecule has 0 aliphatic carbocycles. The lowest BCUT2D eigenvalue weighted by molar-refractivity contribution is -0.131. The van der Waals surface area contributed by atoms with Crippen molar-refractivity contribution in [2.24, 2.45) is 5.73 Å². The van der Waals surface area contributed by atoms with E-state index >= 15 is 0 Å². The smallest absolute Gasteiger partial charge is 0.241 e. The maximum absolute atomic E-state index is 12.9. The molecule has 5 heteroatoms. The molecule has 0 aromatic heterocycles. The van der Waals surface area contributed by atoms with E-state index in [0.717, 1.165) is 44.3 Å². The number of rotatable bonds is 5. The number of carbonyl (C=O) groups is 2. The number of hydrogen-bond acceptors (Lipinski definition) is 3. The number of nitrogens with zero attached hydrogens (tertiary/aromatic N) is 1. The van der Waals surface area contributed by atoms with Crippen molar-refractivity contribution < 1.29 is 9.59 Å². The Labute approximate surface area is 130 Å². The average Bonchev–Trinajstić information content (AvgIpc) is 3.07. The van der Waals surface area contributed by atoms with E-state index in [9.17, 15) is 9.59 Å². The molecule has 2 saturated heterocycles. The second-order valence-corrected chi connectivity index (χ2v) is 6.33. The molecule has 0 bridgehead atoms. The van der Waals surface area contributed by atoms with Gasteiger partial charge in [0, 0.05) is 0 Å². The molecule has 1 aromatic rings. The summed E-state index contributed by atoms with van der Waals surface area (Å²) >= 11 is 0. The molecule has 0 spiro atoms. The normalized spacial score (nSPS) is 21.3. The zero-order chi connectivity index (χ0) is 15.6. The van der Waals surface area contributed by atoms with Crippen LogP contribution in [0.25, 0.3) is 0 Å². The first-order chi connectivity index (χ1) is 10.6. The van der Waals surface area contributed by atoms with E-state index < -0.39 is 5.91 Å². The summed E-state index contributed by atoms with van der Waals surface area (Å²) in [6, 6.07) is 9.24. The highest BCUT2D eigenvalue weighted by molar-refractivity contribution is 5.88. The summed E-state index contributed by atoms with van der Waals surface area (Å²) in [4.78, 5) is 26.6. The second kappa shape index (κ2) is 6.08.